The molecule has 0 aliphatic rings. The number of hydrogen-bond acceptors (Lipinski definition) is 5. The minimum absolute atomic E-state index is 0.0242. The molecule has 1 heterocycles. The first-order valence-electron chi connectivity index (χ1n) is 4.86. The van der Waals surface area contributed by atoms with Gasteiger partial charge in [-0.1, -0.05) is 0 Å². The number of ether oxygens (including phenoxy) is 1. The molecule has 17 heavy (non-hydrogen) atoms. The smallest absolute Gasteiger partial charge is 0.332 e. The fourth-order valence-electron chi connectivity index (χ4n) is 1.08. The summed E-state index contributed by atoms with van der Waals surface area (Å²) in [6, 6.07) is 1.59. The number of amides is 1. The molecule has 1 aromatic heterocycles. The summed E-state index contributed by atoms with van der Waals surface area (Å²) in [5.41, 5.74) is 0. The van der Waals surface area contributed by atoms with Crippen molar-refractivity contribution in [2.75, 3.05) is 13.7 Å². The normalized spacial score (nSPS) is 11.9. The highest BCUT2D eigenvalue weighted by Crippen LogP contribution is 2.20. The number of nitrogens with one attached hydrogen (secondary N) is 1. The van der Waals surface area contributed by atoms with Crippen molar-refractivity contribution in [3.05, 3.63) is 16.3 Å². The van der Waals surface area contributed by atoms with Crippen LogP contribution in [0.5, 0.6) is 5.75 Å². The zero-order chi connectivity index (χ0) is 12.8. The summed E-state index contributed by atoms with van der Waals surface area (Å²) in [5, 5.41) is 21.6. The van der Waals surface area contributed by atoms with Crippen molar-refractivity contribution in [2.24, 2.45) is 0 Å². The molecule has 94 valence electrons. The molecule has 0 spiro atoms. The summed E-state index contributed by atoms with van der Waals surface area (Å²) < 4.78 is 4.93. The highest BCUT2D eigenvalue weighted by Gasteiger charge is 2.14. The molecule has 0 aliphatic carbocycles. The summed E-state index contributed by atoms with van der Waals surface area (Å²) >= 11 is 1.23. The van der Waals surface area contributed by atoms with Gasteiger partial charge in [-0.2, -0.15) is 0 Å². The van der Waals surface area contributed by atoms with E-state index in [0.717, 1.165) is 0 Å². The Morgan fingerprint density at radius 1 is 1.59 bits per heavy atom. The first-order valence-corrected chi connectivity index (χ1v) is 5.74. The number of carbonyl (C=O) groups is 2. The molecule has 0 saturated carbocycles. The Bertz CT molecular complexity index is 403. The van der Waals surface area contributed by atoms with Crippen molar-refractivity contribution >= 4 is 23.2 Å². The lowest BCUT2D eigenvalue weighted by molar-refractivity contribution is -0.146. The van der Waals surface area contributed by atoms with E-state index in [1.54, 1.807) is 11.4 Å². The summed E-state index contributed by atoms with van der Waals surface area (Å²) in [6.45, 7) is 0.104. The van der Waals surface area contributed by atoms with Gasteiger partial charge in [0.15, 0.2) is 6.10 Å². The van der Waals surface area contributed by atoms with Gasteiger partial charge in [0.1, 0.15) is 5.75 Å². The molecule has 0 radical (unpaired) electrons. The molecule has 0 saturated heterocycles. The standard InChI is InChI=1S/C10H13NO5S/c1-16-6-4-8(17-5-6)9(13)11-3-2-7(12)10(14)15/h4-5,7,12H,2-3H2,1H3,(H,11,13)(H,14,15)/t7-/m0/s1. The first-order chi connectivity index (χ1) is 8.04. The predicted molar refractivity (Wildman–Crippen MR) is 61.5 cm³/mol. The first kappa shape index (κ1) is 13.5. The Labute approximate surface area is 102 Å². The SMILES string of the molecule is COc1csc(C(=O)NCC[C@H](O)C(=O)O)c1. The van der Waals surface area contributed by atoms with E-state index in [0.29, 0.717) is 10.6 Å². The summed E-state index contributed by atoms with van der Waals surface area (Å²) in [5.74, 6) is -1.00. The van der Waals surface area contributed by atoms with Gasteiger partial charge < -0.3 is 20.3 Å². The topological polar surface area (TPSA) is 95.9 Å². The van der Waals surface area contributed by atoms with Crippen molar-refractivity contribution in [3.8, 4) is 5.75 Å². The lowest BCUT2D eigenvalue weighted by Crippen LogP contribution is -2.29. The maximum absolute atomic E-state index is 11.5. The van der Waals surface area contributed by atoms with Gasteiger partial charge in [0.2, 0.25) is 0 Å². The maximum atomic E-state index is 11.5. The van der Waals surface area contributed by atoms with Crippen LogP contribution < -0.4 is 10.1 Å². The predicted octanol–water partition coefficient (Wildman–Crippen LogP) is 0.322. The van der Waals surface area contributed by atoms with E-state index in [1.807, 2.05) is 0 Å². The second-order valence-corrected chi connectivity index (χ2v) is 4.16. The van der Waals surface area contributed by atoms with Crippen LogP contribution in [0.1, 0.15) is 16.1 Å². The van der Waals surface area contributed by atoms with E-state index in [2.05, 4.69) is 5.32 Å². The monoisotopic (exact) mass is 259 g/mol. The Balaban J connectivity index is 2.37. The lowest BCUT2D eigenvalue weighted by Gasteiger charge is -2.06. The van der Waals surface area contributed by atoms with Gasteiger partial charge in [0.25, 0.3) is 5.91 Å². The molecule has 6 nitrogen and oxygen atoms in total. The van der Waals surface area contributed by atoms with Crippen molar-refractivity contribution in [2.45, 2.75) is 12.5 Å². The number of hydrogen-bond donors (Lipinski definition) is 3. The zero-order valence-electron chi connectivity index (χ0n) is 9.17. The number of rotatable bonds is 6. The fraction of sp³-hybridized carbons (Fsp3) is 0.400. The van der Waals surface area contributed by atoms with Gasteiger partial charge in [-0.05, 0) is 0 Å². The van der Waals surface area contributed by atoms with Crippen LogP contribution >= 0.6 is 11.3 Å². The molecule has 1 aromatic rings. The Hall–Kier alpha value is -1.60. The second kappa shape index (κ2) is 6.21. The molecule has 1 amide bonds. The van der Waals surface area contributed by atoms with Crippen molar-refractivity contribution in [1.82, 2.24) is 5.32 Å². The number of aliphatic hydroxyl groups excluding tert-OH is 1. The van der Waals surface area contributed by atoms with E-state index in [9.17, 15) is 9.59 Å². The van der Waals surface area contributed by atoms with Crippen LogP contribution in [0.15, 0.2) is 11.4 Å². The van der Waals surface area contributed by atoms with Crippen LogP contribution in [0.25, 0.3) is 0 Å². The highest BCUT2D eigenvalue weighted by atomic mass is 32.1. The molecule has 1 rings (SSSR count). The summed E-state index contributed by atoms with van der Waals surface area (Å²) in [4.78, 5) is 22.3. The van der Waals surface area contributed by atoms with Crippen LogP contribution in [-0.2, 0) is 4.79 Å². The number of aliphatic hydroxyl groups is 1. The van der Waals surface area contributed by atoms with E-state index in [4.69, 9.17) is 14.9 Å². The Morgan fingerprint density at radius 3 is 2.82 bits per heavy atom. The van der Waals surface area contributed by atoms with E-state index in [1.165, 1.54) is 18.4 Å². The van der Waals surface area contributed by atoms with Gasteiger partial charge >= 0.3 is 5.97 Å². The van der Waals surface area contributed by atoms with Crippen molar-refractivity contribution in [3.63, 3.8) is 0 Å². The number of carboxylic acid groups (broad SMARTS) is 1. The van der Waals surface area contributed by atoms with Gasteiger partial charge in [-0.25, -0.2) is 4.79 Å². The highest BCUT2D eigenvalue weighted by molar-refractivity contribution is 7.12. The molecule has 0 bridgehead atoms. The third-order valence-corrected chi connectivity index (χ3v) is 2.93. The van der Waals surface area contributed by atoms with Crippen LogP contribution in [0.3, 0.4) is 0 Å². The van der Waals surface area contributed by atoms with E-state index in [-0.39, 0.29) is 18.9 Å². The largest absolute Gasteiger partial charge is 0.496 e. The van der Waals surface area contributed by atoms with Crippen LogP contribution in [0, 0.1) is 0 Å². The molecular weight excluding hydrogens is 246 g/mol. The molecule has 7 heteroatoms. The Morgan fingerprint density at radius 2 is 2.29 bits per heavy atom. The van der Waals surface area contributed by atoms with Gasteiger partial charge in [0.05, 0.1) is 12.0 Å². The van der Waals surface area contributed by atoms with Crippen LogP contribution in [-0.4, -0.2) is 41.8 Å². The molecular formula is C10H13NO5S. The van der Waals surface area contributed by atoms with Gasteiger partial charge in [0, 0.05) is 24.4 Å². The van der Waals surface area contributed by atoms with Gasteiger partial charge in [-0.3, -0.25) is 4.79 Å². The van der Waals surface area contributed by atoms with Gasteiger partial charge in [-0.15, -0.1) is 11.3 Å². The average Bonchev–Trinajstić information content (AvgIpc) is 2.77. The number of carbonyl (C=O) groups excluding carboxylic acids is 1. The van der Waals surface area contributed by atoms with Crippen molar-refractivity contribution < 1.29 is 24.5 Å². The molecule has 3 N–H and O–H groups in total. The van der Waals surface area contributed by atoms with E-state index >= 15 is 0 Å². The second-order valence-electron chi connectivity index (χ2n) is 3.25. The zero-order valence-corrected chi connectivity index (χ0v) is 9.99. The third kappa shape index (κ3) is 4.04. The molecule has 0 aromatic carbocycles. The average molecular weight is 259 g/mol. The van der Waals surface area contributed by atoms with Crippen LogP contribution in [0.2, 0.25) is 0 Å². The van der Waals surface area contributed by atoms with Crippen LogP contribution in [0.4, 0.5) is 0 Å². The Kier molecular flexibility index (Phi) is 4.92. The lowest BCUT2D eigenvalue weighted by atomic mass is 10.2. The van der Waals surface area contributed by atoms with Crippen molar-refractivity contribution in [1.29, 1.82) is 0 Å². The number of methoxy groups -OCH3 is 1. The van der Waals surface area contributed by atoms with E-state index < -0.39 is 12.1 Å². The molecule has 0 fully saturated rings. The molecule has 0 aliphatic heterocycles. The number of carboxylic acids is 1. The third-order valence-electron chi connectivity index (χ3n) is 2.02. The quantitative estimate of drug-likeness (QED) is 0.684. The molecule has 1 atom stereocenters. The fourth-order valence-corrected chi connectivity index (χ4v) is 1.85. The minimum atomic E-state index is -1.45. The number of thiophene rings is 1. The number of aliphatic carboxylic acids is 1. The summed E-state index contributed by atoms with van der Waals surface area (Å²) in [6.07, 6.45) is -1.47. The maximum Gasteiger partial charge on any atom is 0.332 e. The summed E-state index contributed by atoms with van der Waals surface area (Å²) in [7, 11) is 1.51. The minimum Gasteiger partial charge on any atom is -0.496 e. The molecule has 0 unspecified atom stereocenters.